The molecule has 0 aliphatic heterocycles. The minimum Gasteiger partial charge on any atom is -0.236 e. The molecule has 0 radical (unpaired) electrons. The van der Waals surface area contributed by atoms with Crippen LogP contribution in [-0.4, -0.2) is 9.97 Å². The molecule has 0 spiro atoms. The van der Waals surface area contributed by atoms with Crippen molar-refractivity contribution in [3.05, 3.63) is 58.7 Å². The zero-order valence-electron chi connectivity index (χ0n) is 16.0. The summed E-state index contributed by atoms with van der Waals surface area (Å²) in [6.45, 7) is 3.83. The van der Waals surface area contributed by atoms with Gasteiger partial charge in [0, 0.05) is 33.3 Å². The van der Waals surface area contributed by atoms with Crippen molar-refractivity contribution < 1.29 is 13.2 Å². The first kappa shape index (κ1) is 20.5. The van der Waals surface area contributed by atoms with Crippen LogP contribution in [0.3, 0.4) is 0 Å². The molecule has 0 fully saturated rings. The number of benzene rings is 1. The summed E-state index contributed by atoms with van der Waals surface area (Å²) in [4.78, 5) is 10.8. The highest BCUT2D eigenvalue weighted by molar-refractivity contribution is 7.15. The number of alkyl halides is 3. The Bertz CT molecular complexity index is 914. The molecule has 6 heteroatoms. The molecule has 0 atom stereocenters. The lowest BCUT2D eigenvalue weighted by Gasteiger charge is -2.12. The third-order valence-electron chi connectivity index (χ3n) is 4.60. The third-order valence-corrected chi connectivity index (χ3v) is 5.79. The standard InChI is InChI=1S/C22H23F3N2S/c1-3-4-5-6-7-17-9-11-20(28-17)16-13-26-21(27-14-16)18-10-8-15(2)12-19(18)22(23,24)25/h8-14H,3-7H2,1-2H3. The summed E-state index contributed by atoms with van der Waals surface area (Å²) < 4.78 is 40.1. The number of hydrogen-bond acceptors (Lipinski definition) is 3. The molecule has 0 unspecified atom stereocenters. The molecule has 0 amide bonds. The molecule has 148 valence electrons. The predicted octanol–water partition coefficient (Wildman–Crippen LogP) is 7.32. The van der Waals surface area contributed by atoms with Gasteiger partial charge in [-0.05, 0) is 38.0 Å². The van der Waals surface area contributed by atoms with E-state index in [0.29, 0.717) is 5.56 Å². The van der Waals surface area contributed by atoms with Gasteiger partial charge in [-0.3, -0.25) is 0 Å². The lowest BCUT2D eigenvalue weighted by molar-refractivity contribution is -0.137. The van der Waals surface area contributed by atoms with Gasteiger partial charge >= 0.3 is 6.18 Å². The van der Waals surface area contributed by atoms with Crippen LogP contribution in [0, 0.1) is 6.92 Å². The van der Waals surface area contributed by atoms with Crippen molar-refractivity contribution in [1.29, 1.82) is 0 Å². The summed E-state index contributed by atoms with van der Waals surface area (Å²) in [5.74, 6) is 0.0902. The van der Waals surface area contributed by atoms with Crippen molar-refractivity contribution >= 4 is 11.3 Å². The molecule has 2 aromatic heterocycles. The second kappa shape index (κ2) is 8.86. The number of halogens is 3. The van der Waals surface area contributed by atoms with Crippen LogP contribution in [0.25, 0.3) is 21.8 Å². The van der Waals surface area contributed by atoms with Gasteiger partial charge in [-0.2, -0.15) is 13.2 Å². The smallest absolute Gasteiger partial charge is 0.236 e. The van der Waals surface area contributed by atoms with E-state index in [4.69, 9.17) is 0 Å². The van der Waals surface area contributed by atoms with Gasteiger partial charge in [-0.1, -0.05) is 43.9 Å². The first-order valence-electron chi connectivity index (χ1n) is 9.48. The largest absolute Gasteiger partial charge is 0.417 e. The number of aryl methyl sites for hydroxylation is 2. The van der Waals surface area contributed by atoms with E-state index in [-0.39, 0.29) is 11.4 Å². The maximum Gasteiger partial charge on any atom is 0.417 e. The van der Waals surface area contributed by atoms with Crippen LogP contribution in [0.1, 0.15) is 48.6 Å². The fourth-order valence-corrected chi connectivity index (χ4v) is 4.10. The van der Waals surface area contributed by atoms with Crippen LogP contribution in [0.4, 0.5) is 13.2 Å². The number of aromatic nitrogens is 2. The van der Waals surface area contributed by atoms with Gasteiger partial charge < -0.3 is 0 Å². The van der Waals surface area contributed by atoms with Crippen molar-refractivity contribution in [3.63, 3.8) is 0 Å². The van der Waals surface area contributed by atoms with Crippen LogP contribution in [0.5, 0.6) is 0 Å². The Balaban J connectivity index is 1.79. The lowest BCUT2D eigenvalue weighted by atomic mass is 10.0. The Kier molecular flexibility index (Phi) is 6.50. The molecule has 0 N–H and O–H groups in total. The number of rotatable bonds is 7. The number of nitrogens with zero attached hydrogens (tertiary/aromatic N) is 2. The zero-order valence-corrected chi connectivity index (χ0v) is 16.8. The average Bonchev–Trinajstić information content (AvgIpc) is 3.14. The van der Waals surface area contributed by atoms with E-state index >= 15 is 0 Å². The molecular weight excluding hydrogens is 381 g/mol. The summed E-state index contributed by atoms with van der Waals surface area (Å²) in [6, 6.07) is 8.36. The minimum atomic E-state index is -4.44. The molecule has 1 aromatic carbocycles. The van der Waals surface area contributed by atoms with Gasteiger partial charge in [0.05, 0.1) is 5.56 Å². The molecule has 2 heterocycles. The predicted molar refractivity (Wildman–Crippen MR) is 108 cm³/mol. The maximum atomic E-state index is 13.4. The summed E-state index contributed by atoms with van der Waals surface area (Å²) in [7, 11) is 0. The summed E-state index contributed by atoms with van der Waals surface area (Å²) in [5, 5.41) is 0. The van der Waals surface area contributed by atoms with Crippen molar-refractivity contribution in [2.45, 2.75) is 52.1 Å². The van der Waals surface area contributed by atoms with E-state index in [9.17, 15) is 13.2 Å². The molecule has 0 bridgehead atoms. The average molecular weight is 405 g/mol. The Labute approximate surface area is 167 Å². The highest BCUT2D eigenvalue weighted by Gasteiger charge is 2.34. The Morgan fingerprint density at radius 2 is 1.71 bits per heavy atom. The molecule has 3 rings (SSSR count). The molecule has 28 heavy (non-hydrogen) atoms. The van der Waals surface area contributed by atoms with Gasteiger partial charge in [0.15, 0.2) is 5.82 Å². The van der Waals surface area contributed by atoms with Crippen LogP contribution in [0.15, 0.2) is 42.7 Å². The number of hydrogen-bond donors (Lipinski definition) is 0. The van der Waals surface area contributed by atoms with Gasteiger partial charge in [-0.25, -0.2) is 9.97 Å². The maximum absolute atomic E-state index is 13.4. The van der Waals surface area contributed by atoms with Crippen molar-refractivity contribution in [3.8, 4) is 21.8 Å². The fourth-order valence-electron chi connectivity index (χ4n) is 3.08. The molecule has 0 aliphatic rings. The van der Waals surface area contributed by atoms with Crippen LogP contribution in [-0.2, 0) is 12.6 Å². The van der Waals surface area contributed by atoms with Gasteiger partial charge in [0.1, 0.15) is 0 Å². The van der Waals surface area contributed by atoms with Crippen LogP contribution >= 0.6 is 11.3 Å². The van der Waals surface area contributed by atoms with Crippen molar-refractivity contribution in [2.24, 2.45) is 0 Å². The molecular formula is C22H23F3N2S. The van der Waals surface area contributed by atoms with Crippen LogP contribution in [0.2, 0.25) is 0 Å². The minimum absolute atomic E-state index is 0.00689. The highest BCUT2D eigenvalue weighted by Crippen LogP contribution is 2.37. The van der Waals surface area contributed by atoms with E-state index in [1.54, 1.807) is 36.7 Å². The van der Waals surface area contributed by atoms with E-state index in [0.717, 1.165) is 22.9 Å². The Morgan fingerprint density at radius 3 is 2.39 bits per heavy atom. The third kappa shape index (κ3) is 4.98. The van der Waals surface area contributed by atoms with Crippen molar-refractivity contribution in [2.75, 3.05) is 0 Å². The molecule has 3 aromatic rings. The molecule has 0 saturated carbocycles. The molecule has 2 nitrogen and oxygen atoms in total. The SMILES string of the molecule is CCCCCCc1ccc(-c2cnc(-c3ccc(C)cc3C(F)(F)F)nc2)s1. The lowest BCUT2D eigenvalue weighted by Crippen LogP contribution is -2.08. The monoisotopic (exact) mass is 404 g/mol. The molecule has 0 saturated heterocycles. The summed E-state index contributed by atoms with van der Waals surface area (Å²) in [5.41, 5.74) is 0.685. The highest BCUT2D eigenvalue weighted by atomic mass is 32.1. The van der Waals surface area contributed by atoms with Gasteiger partial charge in [0.2, 0.25) is 0 Å². The second-order valence-electron chi connectivity index (χ2n) is 6.92. The van der Waals surface area contributed by atoms with E-state index in [1.807, 2.05) is 6.07 Å². The first-order valence-corrected chi connectivity index (χ1v) is 10.3. The second-order valence-corrected chi connectivity index (χ2v) is 8.09. The summed E-state index contributed by atoms with van der Waals surface area (Å²) in [6.07, 6.45) is 4.72. The number of unbranched alkanes of at least 4 members (excludes halogenated alkanes) is 3. The first-order chi connectivity index (χ1) is 13.4. The normalized spacial score (nSPS) is 11.8. The van der Waals surface area contributed by atoms with Crippen molar-refractivity contribution in [1.82, 2.24) is 9.97 Å². The van der Waals surface area contributed by atoms with Crippen LogP contribution < -0.4 is 0 Å². The van der Waals surface area contributed by atoms with E-state index < -0.39 is 11.7 Å². The van der Waals surface area contributed by atoms with Gasteiger partial charge in [-0.15, -0.1) is 11.3 Å². The topological polar surface area (TPSA) is 25.8 Å². The van der Waals surface area contributed by atoms with Gasteiger partial charge in [0.25, 0.3) is 0 Å². The van der Waals surface area contributed by atoms with E-state index in [2.05, 4.69) is 23.0 Å². The molecule has 0 aliphatic carbocycles. The fraction of sp³-hybridized carbons (Fsp3) is 0.364. The Hall–Kier alpha value is -2.21. The number of thiophene rings is 1. The Morgan fingerprint density at radius 1 is 0.964 bits per heavy atom. The quantitative estimate of drug-likeness (QED) is 0.386. The van der Waals surface area contributed by atoms with E-state index in [1.165, 1.54) is 36.6 Å². The summed E-state index contributed by atoms with van der Waals surface area (Å²) >= 11 is 1.70. The zero-order chi connectivity index (χ0) is 20.1.